The van der Waals surface area contributed by atoms with Crippen molar-refractivity contribution in [1.29, 1.82) is 0 Å². The number of aromatic nitrogens is 2. The largest absolute Gasteiger partial charge is 0.497 e. The zero-order valence-electron chi connectivity index (χ0n) is 13.4. The number of methoxy groups -OCH3 is 1. The van der Waals surface area contributed by atoms with Gasteiger partial charge >= 0.3 is 0 Å². The molecule has 1 aliphatic heterocycles. The highest BCUT2D eigenvalue weighted by Crippen LogP contribution is 2.23. The summed E-state index contributed by atoms with van der Waals surface area (Å²) in [5, 5.41) is 9.56. The second kappa shape index (κ2) is 6.42. The molecule has 2 heterocycles. The van der Waals surface area contributed by atoms with Gasteiger partial charge in [0.2, 0.25) is 0 Å². The standard InChI is InChI=1S/C17H21N3O3/c1-11-15(17(22)20-8-6-13(21)7-9-20)19-16(18-11)12-4-3-5-14(10-12)23-2/h3-5,10,13,21H,6-9H2,1-2H3,(H,18,19). The Kier molecular flexibility index (Phi) is 4.34. The van der Waals surface area contributed by atoms with Gasteiger partial charge in [-0.25, -0.2) is 4.98 Å². The molecular weight excluding hydrogens is 294 g/mol. The summed E-state index contributed by atoms with van der Waals surface area (Å²) in [5.41, 5.74) is 2.07. The van der Waals surface area contributed by atoms with Crippen molar-refractivity contribution >= 4 is 5.91 Å². The van der Waals surface area contributed by atoms with Crippen LogP contribution in [0.25, 0.3) is 11.4 Å². The Balaban J connectivity index is 1.84. The van der Waals surface area contributed by atoms with Crippen LogP contribution in [0.2, 0.25) is 0 Å². The van der Waals surface area contributed by atoms with Crippen LogP contribution in [-0.2, 0) is 0 Å². The van der Waals surface area contributed by atoms with Crippen LogP contribution in [0.3, 0.4) is 0 Å². The fourth-order valence-corrected chi connectivity index (χ4v) is 2.79. The van der Waals surface area contributed by atoms with Gasteiger partial charge in [-0.15, -0.1) is 0 Å². The lowest BCUT2D eigenvalue weighted by Crippen LogP contribution is -2.40. The molecule has 6 heteroatoms. The lowest BCUT2D eigenvalue weighted by atomic mass is 10.1. The number of carbonyl (C=O) groups is 1. The van der Waals surface area contributed by atoms with E-state index in [2.05, 4.69) is 9.97 Å². The van der Waals surface area contributed by atoms with Crippen molar-refractivity contribution in [3.8, 4) is 17.1 Å². The number of amides is 1. The van der Waals surface area contributed by atoms with Crippen molar-refractivity contribution < 1.29 is 14.6 Å². The summed E-state index contributed by atoms with van der Waals surface area (Å²) in [6.07, 6.45) is 0.947. The Bertz CT molecular complexity index is 703. The molecule has 1 aromatic carbocycles. The second-order valence-electron chi connectivity index (χ2n) is 5.81. The Labute approximate surface area is 135 Å². The summed E-state index contributed by atoms with van der Waals surface area (Å²) in [6, 6.07) is 7.56. The third-order valence-corrected chi connectivity index (χ3v) is 4.18. The summed E-state index contributed by atoms with van der Waals surface area (Å²) in [6.45, 7) is 2.99. The van der Waals surface area contributed by atoms with Crippen LogP contribution < -0.4 is 4.74 Å². The first-order chi connectivity index (χ1) is 11.1. The lowest BCUT2D eigenvalue weighted by Gasteiger charge is -2.29. The average Bonchev–Trinajstić information content (AvgIpc) is 2.97. The van der Waals surface area contributed by atoms with Gasteiger partial charge in [-0.2, -0.15) is 0 Å². The summed E-state index contributed by atoms with van der Waals surface area (Å²) in [4.78, 5) is 22.0. The molecule has 2 aromatic rings. The molecule has 1 aliphatic rings. The molecule has 122 valence electrons. The number of nitrogens with zero attached hydrogens (tertiary/aromatic N) is 2. The maximum Gasteiger partial charge on any atom is 0.274 e. The first kappa shape index (κ1) is 15.6. The summed E-state index contributed by atoms with van der Waals surface area (Å²) in [7, 11) is 1.62. The van der Waals surface area contributed by atoms with E-state index in [-0.39, 0.29) is 12.0 Å². The Morgan fingerprint density at radius 3 is 2.83 bits per heavy atom. The highest BCUT2D eigenvalue weighted by Gasteiger charge is 2.25. The van der Waals surface area contributed by atoms with Gasteiger partial charge in [0.05, 0.1) is 13.2 Å². The third kappa shape index (κ3) is 3.22. The van der Waals surface area contributed by atoms with Gasteiger partial charge in [-0.05, 0) is 31.9 Å². The van der Waals surface area contributed by atoms with Crippen LogP contribution in [0, 0.1) is 6.92 Å². The zero-order chi connectivity index (χ0) is 16.4. The van der Waals surface area contributed by atoms with Crippen LogP contribution in [0.5, 0.6) is 5.75 Å². The van der Waals surface area contributed by atoms with E-state index in [1.165, 1.54) is 0 Å². The molecule has 0 unspecified atom stereocenters. The van der Waals surface area contributed by atoms with Gasteiger partial charge < -0.3 is 19.7 Å². The van der Waals surface area contributed by atoms with Crippen molar-refractivity contribution in [2.45, 2.75) is 25.9 Å². The van der Waals surface area contributed by atoms with Crippen LogP contribution in [0.1, 0.15) is 29.0 Å². The van der Waals surface area contributed by atoms with Crippen molar-refractivity contribution in [1.82, 2.24) is 14.9 Å². The maximum atomic E-state index is 12.6. The van der Waals surface area contributed by atoms with Crippen molar-refractivity contribution in [3.05, 3.63) is 35.7 Å². The smallest absolute Gasteiger partial charge is 0.274 e. The van der Waals surface area contributed by atoms with Crippen molar-refractivity contribution in [2.24, 2.45) is 0 Å². The molecule has 3 rings (SSSR count). The molecule has 6 nitrogen and oxygen atoms in total. The first-order valence-corrected chi connectivity index (χ1v) is 7.77. The van der Waals surface area contributed by atoms with Gasteiger partial charge in [0.1, 0.15) is 17.3 Å². The molecular formula is C17H21N3O3. The molecule has 2 N–H and O–H groups in total. The van der Waals surface area contributed by atoms with Gasteiger partial charge in [0, 0.05) is 24.3 Å². The number of benzene rings is 1. The number of ether oxygens (including phenoxy) is 1. The zero-order valence-corrected chi connectivity index (χ0v) is 13.4. The number of carbonyl (C=O) groups excluding carboxylic acids is 1. The van der Waals surface area contributed by atoms with Crippen molar-refractivity contribution in [3.63, 3.8) is 0 Å². The molecule has 1 aromatic heterocycles. The first-order valence-electron chi connectivity index (χ1n) is 7.77. The molecule has 0 aliphatic carbocycles. The number of H-pyrrole nitrogens is 1. The molecule has 0 atom stereocenters. The molecule has 1 saturated heterocycles. The van der Waals surface area contributed by atoms with E-state index in [1.807, 2.05) is 31.2 Å². The number of piperidine rings is 1. The van der Waals surface area contributed by atoms with Gasteiger partial charge in [0.25, 0.3) is 5.91 Å². The Morgan fingerprint density at radius 2 is 2.13 bits per heavy atom. The number of imidazole rings is 1. The number of hydrogen-bond acceptors (Lipinski definition) is 4. The Morgan fingerprint density at radius 1 is 1.39 bits per heavy atom. The van der Waals surface area contributed by atoms with Gasteiger partial charge in [0.15, 0.2) is 0 Å². The normalized spacial score (nSPS) is 15.7. The molecule has 1 amide bonds. The maximum absolute atomic E-state index is 12.6. The van der Waals surface area contributed by atoms with E-state index in [1.54, 1.807) is 12.0 Å². The number of rotatable bonds is 3. The number of aromatic amines is 1. The number of nitrogens with one attached hydrogen (secondary N) is 1. The van der Waals surface area contributed by atoms with E-state index >= 15 is 0 Å². The molecule has 1 fully saturated rings. The fraction of sp³-hybridized carbons (Fsp3) is 0.412. The quantitative estimate of drug-likeness (QED) is 0.908. The monoisotopic (exact) mass is 315 g/mol. The number of aliphatic hydroxyl groups is 1. The summed E-state index contributed by atoms with van der Waals surface area (Å²) in [5.74, 6) is 1.32. The summed E-state index contributed by atoms with van der Waals surface area (Å²) < 4.78 is 5.23. The van der Waals surface area contributed by atoms with Crippen LogP contribution in [0.15, 0.2) is 24.3 Å². The van der Waals surface area contributed by atoms with E-state index < -0.39 is 0 Å². The van der Waals surface area contributed by atoms with E-state index in [0.717, 1.165) is 17.0 Å². The molecule has 0 spiro atoms. The number of aryl methyl sites for hydroxylation is 1. The number of likely N-dealkylation sites (tertiary alicyclic amines) is 1. The highest BCUT2D eigenvalue weighted by molar-refractivity contribution is 5.94. The Hall–Kier alpha value is -2.34. The van der Waals surface area contributed by atoms with Crippen molar-refractivity contribution in [2.75, 3.05) is 20.2 Å². The predicted octanol–water partition coefficient (Wildman–Crippen LogP) is 1.99. The molecule has 0 bridgehead atoms. The topological polar surface area (TPSA) is 78.4 Å². The number of aliphatic hydroxyl groups excluding tert-OH is 1. The fourth-order valence-electron chi connectivity index (χ4n) is 2.79. The van der Waals surface area contributed by atoms with E-state index in [4.69, 9.17) is 4.74 Å². The minimum Gasteiger partial charge on any atom is -0.497 e. The van der Waals surface area contributed by atoms with Crippen LogP contribution in [0.4, 0.5) is 0 Å². The number of hydrogen-bond donors (Lipinski definition) is 2. The minimum atomic E-state index is -0.299. The summed E-state index contributed by atoms with van der Waals surface area (Å²) >= 11 is 0. The third-order valence-electron chi connectivity index (χ3n) is 4.18. The van der Waals surface area contributed by atoms with Crippen LogP contribution in [-0.4, -0.2) is 52.2 Å². The van der Waals surface area contributed by atoms with Gasteiger partial charge in [-0.1, -0.05) is 12.1 Å². The molecule has 0 radical (unpaired) electrons. The van der Waals surface area contributed by atoms with Crippen LogP contribution >= 0.6 is 0 Å². The average molecular weight is 315 g/mol. The lowest BCUT2D eigenvalue weighted by molar-refractivity contribution is 0.0541. The van der Waals surface area contributed by atoms with E-state index in [9.17, 15) is 9.90 Å². The highest BCUT2D eigenvalue weighted by atomic mass is 16.5. The molecule has 0 saturated carbocycles. The predicted molar refractivity (Wildman–Crippen MR) is 86.5 cm³/mol. The molecule has 23 heavy (non-hydrogen) atoms. The minimum absolute atomic E-state index is 0.0835. The SMILES string of the molecule is COc1cccc(-c2nc(C(=O)N3CCC(O)CC3)c(C)[nH]2)c1. The van der Waals surface area contributed by atoms with E-state index in [0.29, 0.717) is 37.4 Å². The van der Waals surface area contributed by atoms with Gasteiger partial charge in [-0.3, -0.25) is 4.79 Å². The second-order valence-corrected chi connectivity index (χ2v) is 5.81.